The number of rotatable bonds is 8. The standard InChI is InChI=1S/C16H23N3/c1-14(2)18-12-15(3)13-19(11-7-10-17)16-8-5-4-6-9-16/h4-6,8-9,14,18H,3,7,11-13H2,1-2H3. The van der Waals surface area contributed by atoms with Crippen molar-refractivity contribution in [1.29, 1.82) is 5.26 Å². The second kappa shape index (κ2) is 8.34. The topological polar surface area (TPSA) is 39.1 Å². The van der Waals surface area contributed by atoms with Gasteiger partial charge in [-0.3, -0.25) is 0 Å². The Hall–Kier alpha value is -1.79. The molecule has 0 unspecified atom stereocenters. The Morgan fingerprint density at radius 1 is 1.37 bits per heavy atom. The van der Waals surface area contributed by atoms with Gasteiger partial charge < -0.3 is 10.2 Å². The number of nitrogens with zero attached hydrogens (tertiary/aromatic N) is 2. The molecule has 0 heterocycles. The zero-order valence-electron chi connectivity index (χ0n) is 11.9. The quantitative estimate of drug-likeness (QED) is 0.728. The van der Waals surface area contributed by atoms with E-state index in [-0.39, 0.29) is 0 Å². The summed E-state index contributed by atoms with van der Waals surface area (Å²) in [6, 6.07) is 12.8. The van der Waals surface area contributed by atoms with Crippen molar-refractivity contribution in [2.45, 2.75) is 26.3 Å². The molecule has 1 aromatic rings. The van der Waals surface area contributed by atoms with Crippen LogP contribution >= 0.6 is 0 Å². The van der Waals surface area contributed by atoms with Gasteiger partial charge in [0, 0.05) is 31.4 Å². The van der Waals surface area contributed by atoms with E-state index >= 15 is 0 Å². The number of para-hydroxylation sites is 1. The van der Waals surface area contributed by atoms with Gasteiger partial charge in [0.1, 0.15) is 0 Å². The van der Waals surface area contributed by atoms with Crippen LogP contribution in [0.5, 0.6) is 0 Å². The lowest BCUT2D eigenvalue weighted by Gasteiger charge is -2.25. The molecule has 0 saturated carbocycles. The van der Waals surface area contributed by atoms with E-state index in [1.165, 1.54) is 0 Å². The van der Waals surface area contributed by atoms with E-state index in [0.29, 0.717) is 12.5 Å². The lowest BCUT2D eigenvalue weighted by Crippen LogP contribution is -2.32. The second-order valence-corrected chi connectivity index (χ2v) is 4.95. The van der Waals surface area contributed by atoms with E-state index in [2.05, 4.69) is 48.8 Å². The highest BCUT2D eigenvalue weighted by Gasteiger charge is 2.07. The van der Waals surface area contributed by atoms with Gasteiger partial charge in [-0.05, 0) is 17.7 Å². The fourth-order valence-electron chi connectivity index (χ4n) is 1.80. The highest BCUT2D eigenvalue weighted by molar-refractivity contribution is 5.47. The molecule has 0 aliphatic carbocycles. The minimum Gasteiger partial charge on any atom is -0.366 e. The van der Waals surface area contributed by atoms with Crippen molar-refractivity contribution in [3.63, 3.8) is 0 Å². The van der Waals surface area contributed by atoms with Crippen molar-refractivity contribution in [1.82, 2.24) is 5.32 Å². The largest absolute Gasteiger partial charge is 0.366 e. The molecule has 102 valence electrons. The molecule has 0 aliphatic heterocycles. The first-order valence-corrected chi connectivity index (χ1v) is 6.70. The Balaban J connectivity index is 2.60. The van der Waals surface area contributed by atoms with Crippen LogP contribution in [0.25, 0.3) is 0 Å². The van der Waals surface area contributed by atoms with Gasteiger partial charge in [-0.1, -0.05) is 38.6 Å². The van der Waals surface area contributed by atoms with Gasteiger partial charge in [-0.25, -0.2) is 0 Å². The lowest BCUT2D eigenvalue weighted by atomic mass is 10.2. The summed E-state index contributed by atoms with van der Waals surface area (Å²) < 4.78 is 0. The van der Waals surface area contributed by atoms with Crippen molar-refractivity contribution in [3.8, 4) is 6.07 Å². The first-order chi connectivity index (χ1) is 9.13. The number of benzene rings is 1. The van der Waals surface area contributed by atoms with E-state index < -0.39 is 0 Å². The molecular weight excluding hydrogens is 234 g/mol. The van der Waals surface area contributed by atoms with E-state index in [0.717, 1.165) is 30.9 Å². The molecule has 0 aliphatic rings. The average Bonchev–Trinajstić information content (AvgIpc) is 2.42. The van der Waals surface area contributed by atoms with Crippen molar-refractivity contribution in [3.05, 3.63) is 42.5 Å². The third kappa shape index (κ3) is 6.08. The van der Waals surface area contributed by atoms with E-state index in [4.69, 9.17) is 5.26 Å². The molecule has 0 aromatic heterocycles. The summed E-state index contributed by atoms with van der Waals surface area (Å²) in [5.41, 5.74) is 2.28. The molecule has 0 atom stereocenters. The Morgan fingerprint density at radius 2 is 2.05 bits per heavy atom. The van der Waals surface area contributed by atoms with Crippen LogP contribution in [-0.4, -0.2) is 25.7 Å². The number of hydrogen-bond acceptors (Lipinski definition) is 3. The molecule has 19 heavy (non-hydrogen) atoms. The van der Waals surface area contributed by atoms with Gasteiger partial charge in [-0.2, -0.15) is 5.26 Å². The fourth-order valence-corrected chi connectivity index (χ4v) is 1.80. The van der Waals surface area contributed by atoms with Crippen LogP contribution in [0, 0.1) is 11.3 Å². The molecule has 1 aromatic carbocycles. The van der Waals surface area contributed by atoms with Crippen LogP contribution in [0.1, 0.15) is 20.3 Å². The van der Waals surface area contributed by atoms with Gasteiger partial charge in [0.15, 0.2) is 0 Å². The first kappa shape index (κ1) is 15.3. The van der Waals surface area contributed by atoms with Crippen LogP contribution < -0.4 is 10.2 Å². The number of nitriles is 1. The Morgan fingerprint density at radius 3 is 2.63 bits per heavy atom. The minimum absolute atomic E-state index is 0.459. The molecule has 1 rings (SSSR count). The van der Waals surface area contributed by atoms with Crippen molar-refractivity contribution in [2.24, 2.45) is 0 Å². The van der Waals surface area contributed by atoms with Crippen molar-refractivity contribution >= 4 is 5.69 Å². The molecule has 0 fully saturated rings. The molecule has 0 bridgehead atoms. The lowest BCUT2D eigenvalue weighted by molar-refractivity contribution is 0.615. The monoisotopic (exact) mass is 257 g/mol. The highest BCUT2D eigenvalue weighted by Crippen LogP contribution is 2.14. The summed E-state index contributed by atoms with van der Waals surface area (Å²) in [5, 5.41) is 12.1. The summed E-state index contributed by atoms with van der Waals surface area (Å²) in [5.74, 6) is 0. The number of nitrogens with one attached hydrogen (secondary N) is 1. The van der Waals surface area contributed by atoms with Crippen molar-refractivity contribution < 1.29 is 0 Å². The Labute approximate surface area is 116 Å². The maximum atomic E-state index is 8.76. The molecule has 3 heteroatoms. The molecule has 0 saturated heterocycles. The van der Waals surface area contributed by atoms with Gasteiger partial charge in [0.2, 0.25) is 0 Å². The van der Waals surface area contributed by atoms with Gasteiger partial charge in [-0.15, -0.1) is 0 Å². The molecule has 0 amide bonds. The average molecular weight is 257 g/mol. The van der Waals surface area contributed by atoms with Crippen LogP contribution in [0.2, 0.25) is 0 Å². The second-order valence-electron chi connectivity index (χ2n) is 4.95. The predicted octanol–water partition coefficient (Wildman–Crippen LogP) is 2.96. The van der Waals surface area contributed by atoms with Crippen LogP contribution in [0.15, 0.2) is 42.5 Å². The van der Waals surface area contributed by atoms with Gasteiger partial charge in [0.05, 0.1) is 12.5 Å². The summed E-state index contributed by atoms with van der Waals surface area (Å²) in [6.07, 6.45) is 0.528. The maximum absolute atomic E-state index is 8.76. The first-order valence-electron chi connectivity index (χ1n) is 6.70. The molecular formula is C16H23N3. The fraction of sp³-hybridized carbons (Fsp3) is 0.438. The SMILES string of the molecule is C=C(CNC(C)C)CN(CCC#N)c1ccccc1. The molecule has 0 radical (unpaired) electrons. The molecule has 0 spiro atoms. The maximum Gasteiger partial charge on any atom is 0.0640 e. The number of anilines is 1. The molecule has 1 N–H and O–H groups in total. The summed E-state index contributed by atoms with van der Waals surface area (Å²) in [6.45, 7) is 10.7. The third-order valence-corrected chi connectivity index (χ3v) is 2.79. The Kier molecular flexibility index (Phi) is 6.70. The van der Waals surface area contributed by atoms with Gasteiger partial charge in [0.25, 0.3) is 0 Å². The Bertz CT molecular complexity index is 417. The highest BCUT2D eigenvalue weighted by atomic mass is 15.1. The van der Waals surface area contributed by atoms with E-state index in [1.54, 1.807) is 0 Å². The van der Waals surface area contributed by atoms with E-state index in [1.807, 2.05) is 18.2 Å². The summed E-state index contributed by atoms with van der Waals surface area (Å²) in [4.78, 5) is 2.20. The smallest absolute Gasteiger partial charge is 0.0640 e. The van der Waals surface area contributed by atoms with Crippen LogP contribution in [0.4, 0.5) is 5.69 Å². The predicted molar refractivity (Wildman–Crippen MR) is 81.2 cm³/mol. The van der Waals surface area contributed by atoms with Gasteiger partial charge >= 0.3 is 0 Å². The zero-order chi connectivity index (χ0) is 14.1. The van der Waals surface area contributed by atoms with Crippen molar-refractivity contribution in [2.75, 3.05) is 24.5 Å². The zero-order valence-corrected chi connectivity index (χ0v) is 11.9. The molecule has 3 nitrogen and oxygen atoms in total. The minimum atomic E-state index is 0.459. The third-order valence-electron chi connectivity index (χ3n) is 2.79. The van der Waals surface area contributed by atoms with Crippen LogP contribution in [-0.2, 0) is 0 Å². The van der Waals surface area contributed by atoms with E-state index in [9.17, 15) is 0 Å². The van der Waals surface area contributed by atoms with Crippen LogP contribution in [0.3, 0.4) is 0 Å². The summed E-state index contributed by atoms with van der Waals surface area (Å²) in [7, 11) is 0. The summed E-state index contributed by atoms with van der Waals surface area (Å²) >= 11 is 0. The number of hydrogen-bond donors (Lipinski definition) is 1. The normalized spacial score (nSPS) is 10.2.